The molecule has 0 bridgehead atoms. The molecule has 1 aliphatic heterocycles. The van der Waals surface area contributed by atoms with Crippen LogP contribution >= 0.6 is 0 Å². The molecule has 0 aromatic rings. The average molecular weight is 302 g/mol. The highest BCUT2D eigenvalue weighted by atomic mass is 32.2. The van der Waals surface area contributed by atoms with Crippen LogP contribution in [-0.4, -0.2) is 57.5 Å². The highest BCUT2D eigenvalue weighted by Crippen LogP contribution is 2.32. The van der Waals surface area contributed by atoms with Crippen molar-refractivity contribution < 1.29 is 8.42 Å². The van der Waals surface area contributed by atoms with Crippen molar-refractivity contribution in [2.24, 2.45) is 11.8 Å². The summed E-state index contributed by atoms with van der Waals surface area (Å²) in [6.45, 7) is 4.80. The summed E-state index contributed by atoms with van der Waals surface area (Å²) in [4.78, 5) is 2.37. The van der Waals surface area contributed by atoms with Gasteiger partial charge in [0.05, 0.1) is 11.5 Å². The first-order chi connectivity index (χ1) is 9.54. The number of rotatable bonds is 5. The molecule has 1 N–H and O–H groups in total. The summed E-state index contributed by atoms with van der Waals surface area (Å²) in [6.07, 6.45) is 6.57. The number of hydrogen-bond acceptors (Lipinski definition) is 4. The Labute approximate surface area is 124 Å². The van der Waals surface area contributed by atoms with Crippen LogP contribution < -0.4 is 5.32 Å². The van der Waals surface area contributed by atoms with E-state index in [9.17, 15) is 8.42 Å². The standard InChI is InChI=1S/C15H30N2O2S/c1-3-4-13-5-6-15(16-2)14(11-13)12-17-7-9-20(18,19)10-8-17/h13-16H,3-12H2,1-2H3. The second kappa shape index (κ2) is 7.23. The quantitative estimate of drug-likeness (QED) is 0.836. The third kappa shape index (κ3) is 4.43. The van der Waals surface area contributed by atoms with Gasteiger partial charge in [-0.25, -0.2) is 8.42 Å². The molecule has 0 aromatic carbocycles. The first kappa shape index (κ1) is 16.2. The molecule has 20 heavy (non-hydrogen) atoms. The van der Waals surface area contributed by atoms with E-state index in [2.05, 4.69) is 24.2 Å². The molecule has 1 saturated heterocycles. The predicted molar refractivity (Wildman–Crippen MR) is 83.7 cm³/mol. The Hall–Kier alpha value is -0.130. The Morgan fingerprint density at radius 1 is 1.20 bits per heavy atom. The minimum Gasteiger partial charge on any atom is -0.317 e. The molecule has 2 fully saturated rings. The fourth-order valence-electron chi connectivity index (χ4n) is 3.88. The average Bonchev–Trinajstić information content (AvgIpc) is 2.42. The summed E-state index contributed by atoms with van der Waals surface area (Å²) < 4.78 is 23.0. The molecule has 0 aromatic heterocycles. The van der Waals surface area contributed by atoms with Crippen molar-refractivity contribution >= 4 is 9.84 Å². The minimum absolute atomic E-state index is 0.350. The molecule has 2 rings (SSSR count). The van der Waals surface area contributed by atoms with Crippen LogP contribution in [0.15, 0.2) is 0 Å². The maximum absolute atomic E-state index is 11.5. The zero-order chi connectivity index (χ0) is 14.6. The Kier molecular flexibility index (Phi) is 5.87. The Balaban J connectivity index is 1.88. The van der Waals surface area contributed by atoms with Gasteiger partial charge in [-0.2, -0.15) is 0 Å². The van der Waals surface area contributed by atoms with Gasteiger partial charge in [0.15, 0.2) is 9.84 Å². The van der Waals surface area contributed by atoms with Crippen LogP contribution in [0.25, 0.3) is 0 Å². The zero-order valence-corrected chi connectivity index (χ0v) is 13.8. The van der Waals surface area contributed by atoms with Crippen LogP contribution in [0.4, 0.5) is 0 Å². The van der Waals surface area contributed by atoms with Crippen LogP contribution in [0.3, 0.4) is 0 Å². The summed E-state index contributed by atoms with van der Waals surface area (Å²) in [5, 5.41) is 3.48. The lowest BCUT2D eigenvalue weighted by Gasteiger charge is -2.39. The van der Waals surface area contributed by atoms with Crippen molar-refractivity contribution in [1.82, 2.24) is 10.2 Å². The zero-order valence-electron chi connectivity index (χ0n) is 13.0. The highest BCUT2D eigenvalue weighted by molar-refractivity contribution is 7.91. The van der Waals surface area contributed by atoms with Gasteiger partial charge in [-0.05, 0) is 38.1 Å². The van der Waals surface area contributed by atoms with Gasteiger partial charge in [0.1, 0.15) is 0 Å². The molecule has 2 aliphatic rings. The molecule has 5 heteroatoms. The first-order valence-electron chi connectivity index (χ1n) is 8.14. The van der Waals surface area contributed by atoms with Gasteiger partial charge in [0.2, 0.25) is 0 Å². The van der Waals surface area contributed by atoms with Crippen molar-refractivity contribution in [1.29, 1.82) is 0 Å². The van der Waals surface area contributed by atoms with E-state index in [4.69, 9.17) is 0 Å². The Bertz CT molecular complexity index is 383. The summed E-state index contributed by atoms with van der Waals surface area (Å²) in [7, 11) is -0.684. The van der Waals surface area contributed by atoms with E-state index in [1.165, 1.54) is 32.1 Å². The van der Waals surface area contributed by atoms with Crippen LogP contribution in [0.2, 0.25) is 0 Å². The largest absolute Gasteiger partial charge is 0.317 e. The van der Waals surface area contributed by atoms with E-state index in [-0.39, 0.29) is 0 Å². The van der Waals surface area contributed by atoms with Gasteiger partial charge >= 0.3 is 0 Å². The monoisotopic (exact) mass is 302 g/mol. The maximum Gasteiger partial charge on any atom is 0.152 e. The molecule has 0 radical (unpaired) electrons. The molecule has 1 saturated carbocycles. The van der Waals surface area contributed by atoms with Crippen LogP contribution in [0, 0.1) is 11.8 Å². The van der Waals surface area contributed by atoms with Crippen molar-refractivity contribution in [3.63, 3.8) is 0 Å². The normalized spacial score (nSPS) is 35.0. The summed E-state index contributed by atoms with van der Waals surface area (Å²) in [5.74, 6) is 2.26. The van der Waals surface area contributed by atoms with E-state index in [0.717, 1.165) is 25.6 Å². The van der Waals surface area contributed by atoms with Crippen LogP contribution in [0.5, 0.6) is 0 Å². The number of nitrogens with zero attached hydrogens (tertiary/aromatic N) is 1. The van der Waals surface area contributed by atoms with E-state index < -0.39 is 9.84 Å². The Morgan fingerprint density at radius 2 is 1.90 bits per heavy atom. The second-order valence-electron chi connectivity index (χ2n) is 6.58. The molecule has 3 atom stereocenters. The lowest BCUT2D eigenvalue weighted by Crippen LogP contribution is -2.48. The highest BCUT2D eigenvalue weighted by Gasteiger charge is 2.32. The summed E-state index contributed by atoms with van der Waals surface area (Å²) in [6, 6.07) is 0.613. The molecule has 1 heterocycles. The van der Waals surface area contributed by atoms with Crippen LogP contribution in [0.1, 0.15) is 39.0 Å². The van der Waals surface area contributed by atoms with Gasteiger partial charge in [0.25, 0.3) is 0 Å². The smallest absolute Gasteiger partial charge is 0.152 e. The van der Waals surface area contributed by atoms with Crippen LogP contribution in [-0.2, 0) is 9.84 Å². The van der Waals surface area contributed by atoms with Gasteiger partial charge in [-0.1, -0.05) is 19.8 Å². The third-order valence-electron chi connectivity index (χ3n) is 5.09. The molecule has 0 spiro atoms. The molecular formula is C15H30N2O2S. The van der Waals surface area contributed by atoms with Crippen molar-refractivity contribution in [3.8, 4) is 0 Å². The summed E-state index contributed by atoms with van der Waals surface area (Å²) in [5.41, 5.74) is 0. The summed E-state index contributed by atoms with van der Waals surface area (Å²) >= 11 is 0. The Morgan fingerprint density at radius 3 is 2.50 bits per heavy atom. The first-order valence-corrected chi connectivity index (χ1v) is 9.96. The van der Waals surface area contributed by atoms with Crippen molar-refractivity contribution in [2.45, 2.75) is 45.1 Å². The third-order valence-corrected chi connectivity index (χ3v) is 6.70. The molecule has 118 valence electrons. The molecule has 0 amide bonds. The van der Waals surface area contributed by atoms with E-state index in [1.54, 1.807) is 0 Å². The van der Waals surface area contributed by atoms with Crippen molar-refractivity contribution in [2.75, 3.05) is 38.2 Å². The second-order valence-corrected chi connectivity index (χ2v) is 8.88. The molecule has 1 aliphatic carbocycles. The SMILES string of the molecule is CCCC1CCC(NC)C(CN2CCS(=O)(=O)CC2)C1. The van der Waals surface area contributed by atoms with E-state index in [1.807, 2.05) is 0 Å². The fourth-order valence-corrected chi connectivity index (χ4v) is 5.15. The number of hydrogen-bond donors (Lipinski definition) is 1. The topological polar surface area (TPSA) is 49.4 Å². The molecule has 4 nitrogen and oxygen atoms in total. The molecular weight excluding hydrogens is 272 g/mol. The minimum atomic E-state index is -2.75. The van der Waals surface area contributed by atoms with Gasteiger partial charge in [-0.3, -0.25) is 0 Å². The van der Waals surface area contributed by atoms with E-state index in [0.29, 0.717) is 23.5 Å². The lowest BCUT2D eigenvalue weighted by molar-refractivity contribution is 0.144. The predicted octanol–water partition coefficient (Wildman–Crippen LogP) is 1.52. The van der Waals surface area contributed by atoms with Gasteiger partial charge in [0, 0.05) is 25.7 Å². The van der Waals surface area contributed by atoms with Gasteiger partial charge < -0.3 is 10.2 Å². The van der Waals surface area contributed by atoms with Gasteiger partial charge in [-0.15, -0.1) is 0 Å². The number of nitrogens with one attached hydrogen (secondary N) is 1. The molecule has 3 unspecified atom stereocenters. The van der Waals surface area contributed by atoms with E-state index >= 15 is 0 Å². The number of sulfone groups is 1. The maximum atomic E-state index is 11.5. The lowest BCUT2D eigenvalue weighted by atomic mass is 9.76. The fraction of sp³-hybridized carbons (Fsp3) is 1.00. The van der Waals surface area contributed by atoms with Crippen molar-refractivity contribution in [3.05, 3.63) is 0 Å².